The molecule has 4 nitrogen and oxygen atoms in total. The highest BCUT2D eigenvalue weighted by molar-refractivity contribution is 8.00. The average Bonchev–Trinajstić information content (AvgIpc) is 3.14. The van der Waals surface area contributed by atoms with Crippen LogP contribution >= 0.6 is 11.8 Å². The van der Waals surface area contributed by atoms with E-state index in [4.69, 9.17) is 4.74 Å². The molecule has 2 aromatic carbocycles. The molecule has 1 aromatic heterocycles. The number of ketones is 1. The van der Waals surface area contributed by atoms with Crippen LogP contribution in [0.1, 0.15) is 34.9 Å². The Balaban J connectivity index is 1.55. The number of aromatic nitrogens is 2. The van der Waals surface area contributed by atoms with E-state index >= 15 is 0 Å². The van der Waals surface area contributed by atoms with Gasteiger partial charge in [-0.3, -0.25) is 9.89 Å². The molecule has 0 aliphatic carbocycles. The highest BCUT2D eigenvalue weighted by Crippen LogP contribution is 2.25. The molecule has 0 amide bonds. The quantitative estimate of drug-likeness (QED) is 0.481. The van der Waals surface area contributed by atoms with Crippen LogP contribution in [0.2, 0.25) is 0 Å². The van der Waals surface area contributed by atoms with Crippen molar-refractivity contribution in [3.05, 3.63) is 76.5 Å². The fourth-order valence-corrected chi connectivity index (χ4v) is 4.22. The van der Waals surface area contributed by atoms with Crippen LogP contribution in [-0.4, -0.2) is 28.8 Å². The van der Waals surface area contributed by atoms with E-state index in [9.17, 15) is 4.79 Å². The average molecular weight is 409 g/mol. The van der Waals surface area contributed by atoms with Crippen molar-refractivity contribution in [3.63, 3.8) is 0 Å². The van der Waals surface area contributed by atoms with Gasteiger partial charge in [-0.25, -0.2) is 0 Å². The first-order valence-electron chi connectivity index (χ1n) is 9.98. The third-order valence-corrected chi connectivity index (χ3v) is 6.06. The van der Waals surface area contributed by atoms with Gasteiger partial charge in [0.1, 0.15) is 16.6 Å². The Bertz CT molecular complexity index is 931. The van der Waals surface area contributed by atoms with Crippen molar-refractivity contribution in [1.29, 1.82) is 0 Å². The minimum atomic E-state index is 0.226. The summed E-state index contributed by atoms with van der Waals surface area (Å²) in [5, 5.41) is 8.63. The highest BCUT2D eigenvalue weighted by Gasteiger charge is 2.14. The molecule has 0 saturated heterocycles. The number of carbonyl (C=O) groups excluding carboxylic acids is 1. The van der Waals surface area contributed by atoms with Crippen molar-refractivity contribution < 1.29 is 9.53 Å². The molecule has 5 heteroatoms. The molecule has 152 valence electrons. The molecule has 0 aliphatic rings. The number of ether oxygens (including phenoxy) is 1. The van der Waals surface area contributed by atoms with Gasteiger partial charge in [0.2, 0.25) is 0 Å². The Morgan fingerprint density at radius 3 is 2.38 bits per heavy atom. The number of Topliss-reactive ketones (excluding diaryl/α,β-unsaturated/α-hetero) is 1. The Kier molecular flexibility index (Phi) is 7.53. The normalized spacial score (nSPS) is 10.9. The van der Waals surface area contributed by atoms with Crippen molar-refractivity contribution in [3.8, 4) is 5.75 Å². The predicted octanol–water partition coefficient (Wildman–Crippen LogP) is 4.98. The number of thioether (sulfide) groups is 1. The summed E-state index contributed by atoms with van der Waals surface area (Å²) >= 11 is 1.54. The van der Waals surface area contributed by atoms with Gasteiger partial charge in [-0.05, 0) is 49.4 Å². The lowest BCUT2D eigenvalue weighted by Gasteiger charge is -2.05. The standard InChI is InChI=1S/C24H28N2O2S/c1-4-22-23(14-11-18-9-12-21(28-3)13-10-18)25-26-24(22)29-16-20(27)15-19-7-5-17(2)6-8-19/h5-10,12-13H,4,11,14-16H2,1-3H3,(H,25,26). The van der Waals surface area contributed by atoms with Gasteiger partial charge in [0.15, 0.2) is 0 Å². The molecule has 0 bridgehead atoms. The molecular formula is C24H28N2O2S. The van der Waals surface area contributed by atoms with Gasteiger partial charge < -0.3 is 4.74 Å². The molecule has 0 spiro atoms. The van der Waals surface area contributed by atoms with E-state index in [-0.39, 0.29) is 5.78 Å². The van der Waals surface area contributed by atoms with Crippen LogP contribution in [-0.2, 0) is 30.5 Å². The van der Waals surface area contributed by atoms with Crippen molar-refractivity contribution in [1.82, 2.24) is 10.2 Å². The number of aromatic amines is 1. The second kappa shape index (κ2) is 10.3. The second-order valence-electron chi connectivity index (χ2n) is 7.18. The summed E-state index contributed by atoms with van der Waals surface area (Å²) in [5.74, 6) is 1.55. The maximum atomic E-state index is 12.4. The number of aryl methyl sites for hydroxylation is 3. The summed E-state index contributed by atoms with van der Waals surface area (Å²) in [4.78, 5) is 12.4. The fourth-order valence-electron chi connectivity index (χ4n) is 3.27. The van der Waals surface area contributed by atoms with Gasteiger partial charge in [-0.15, -0.1) is 0 Å². The number of nitrogens with one attached hydrogen (secondary N) is 1. The molecule has 0 radical (unpaired) electrons. The summed E-state index contributed by atoms with van der Waals surface area (Å²) in [7, 11) is 1.68. The third-order valence-electron chi connectivity index (χ3n) is 4.98. The van der Waals surface area contributed by atoms with E-state index in [1.807, 2.05) is 36.4 Å². The van der Waals surface area contributed by atoms with Crippen LogP contribution in [0.3, 0.4) is 0 Å². The van der Waals surface area contributed by atoms with Gasteiger partial charge in [-0.2, -0.15) is 5.10 Å². The Morgan fingerprint density at radius 1 is 1.03 bits per heavy atom. The molecule has 3 aromatic rings. The monoisotopic (exact) mass is 408 g/mol. The van der Waals surface area contributed by atoms with Crippen LogP contribution in [0.5, 0.6) is 5.75 Å². The lowest BCUT2D eigenvalue weighted by atomic mass is 10.1. The molecule has 0 fully saturated rings. The Hall–Kier alpha value is -2.53. The van der Waals surface area contributed by atoms with Gasteiger partial charge >= 0.3 is 0 Å². The summed E-state index contributed by atoms with van der Waals surface area (Å²) in [6, 6.07) is 16.3. The topological polar surface area (TPSA) is 55.0 Å². The van der Waals surface area contributed by atoms with E-state index in [0.717, 1.165) is 41.3 Å². The number of benzene rings is 2. The minimum absolute atomic E-state index is 0.226. The summed E-state index contributed by atoms with van der Waals surface area (Å²) in [6.07, 6.45) is 3.22. The Morgan fingerprint density at radius 2 is 1.72 bits per heavy atom. The molecule has 0 saturated carbocycles. The molecule has 0 aliphatic heterocycles. The maximum Gasteiger partial charge on any atom is 0.147 e. The molecule has 0 atom stereocenters. The minimum Gasteiger partial charge on any atom is -0.497 e. The molecule has 29 heavy (non-hydrogen) atoms. The zero-order chi connectivity index (χ0) is 20.6. The van der Waals surface area contributed by atoms with Gasteiger partial charge in [-0.1, -0.05) is 60.6 Å². The van der Waals surface area contributed by atoms with E-state index in [2.05, 4.69) is 36.2 Å². The molecular weight excluding hydrogens is 380 g/mol. The third kappa shape index (κ3) is 5.97. The number of H-pyrrole nitrogens is 1. The lowest BCUT2D eigenvalue weighted by Crippen LogP contribution is -2.06. The number of rotatable bonds is 10. The SMILES string of the molecule is CCc1c(SCC(=O)Cc2ccc(C)cc2)n[nH]c1CCc1ccc(OC)cc1. The first-order valence-corrected chi connectivity index (χ1v) is 11.0. The van der Waals surface area contributed by atoms with E-state index in [0.29, 0.717) is 12.2 Å². The second-order valence-corrected chi connectivity index (χ2v) is 8.14. The van der Waals surface area contributed by atoms with Crippen molar-refractivity contribution in [2.24, 2.45) is 0 Å². The van der Waals surface area contributed by atoms with Crippen LogP contribution in [0.4, 0.5) is 0 Å². The first-order chi connectivity index (χ1) is 14.1. The number of methoxy groups -OCH3 is 1. The Labute approximate surface area is 177 Å². The first kappa shape index (κ1) is 21.2. The zero-order valence-electron chi connectivity index (χ0n) is 17.3. The maximum absolute atomic E-state index is 12.4. The molecule has 3 rings (SSSR count). The summed E-state index contributed by atoms with van der Waals surface area (Å²) in [6.45, 7) is 4.19. The largest absolute Gasteiger partial charge is 0.497 e. The van der Waals surface area contributed by atoms with Crippen LogP contribution in [0, 0.1) is 6.92 Å². The van der Waals surface area contributed by atoms with Gasteiger partial charge in [0.05, 0.1) is 12.9 Å². The van der Waals surface area contributed by atoms with E-state index in [1.165, 1.54) is 16.7 Å². The molecule has 0 unspecified atom stereocenters. The fraction of sp³-hybridized carbons (Fsp3) is 0.333. The summed E-state index contributed by atoms with van der Waals surface area (Å²) in [5.41, 5.74) is 5.94. The van der Waals surface area contributed by atoms with Crippen LogP contribution in [0.15, 0.2) is 53.6 Å². The van der Waals surface area contributed by atoms with Gasteiger partial charge in [0, 0.05) is 17.7 Å². The van der Waals surface area contributed by atoms with Crippen molar-refractivity contribution in [2.75, 3.05) is 12.9 Å². The van der Waals surface area contributed by atoms with Crippen LogP contribution in [0.25, 0.3) is 0 Å². The van der Waals surface area contributed by atoms with E-state index in [1.54, 1.807) is 18.9 Å². The number of hydrogen-bond donors (Lipinski definition) is 1. The van der Waals surface area contributed by atoms with Crippen molar-refractivity contribution >= 4 is 17.5 Å². The highest BCUT2D eigenvalue weighted by atomic mass is 32.2. The smallest absolute Gasteiger partial charge is 0.147 e. The van der Waals surface area contributed by atoms with Crippen molar-refractivity contribution in [2.45, 2.75) is 44.6 Å². The number of hydrogen-bond acceptors (Lipinski definition) is 4. The van der Waals surface area contributed by atoms with E-state index < -0.39 is 0 Å². The summed E-state index contributed by atoms with van der Waals surface area (Å²) < 4.78 is 5.21. The lowest BCUT2D eigenvalue weighted by molar-refractivity contribution is -0.116. The molecule has 1 heterocycles. The van der Waals surface area contributed by atoms with Crippen LogP contribution < -0.4 is 4.74 Å². The zero-order valence-corrected chi connectivity index (χ0v) is 18.1. The molecule has 1 N–H and O–H groups in total. The van der Waals surface area contributed by atoms with Gasteiger partial charge in [0.25, 0.3) is 0 Å². The number of carbonyl (C=O) groups is 1. The predicted molar refractivity (Wildman–Crippen MR) is 119 cm³/mol. The number of nitrogens with zero attached hydrogens (tertiary/aromatic N) is 1.